The third-order valence-corrected chi connectivity index (χ3v) is 10.4. The molecule has 328 valence electrons. The molecule has 0 aliphatic rings. The highest BCUT2D eigenvalue weighted by Crippen LogP contribution is 2.32. The lowest BCUT2D eigenvalue weighted by Crippen LogP contribution is -2.39. The number of sulfonamides is 2. The molecule has 5 aromatic rings. The number of methoxy groups -OCH3 is 2. The van der Waals surface area contributed by atoms with E-state index in [4.69, 9.17) is 9.47 Å². The Kier molecular flexibility index (Phi) is 14.7. The molecule has 0 radical (unpaired) electrons. The number of amides is 1. The van der Waals surface area contributed by atoms with Crippen LogP contribution in [0.3, 0.4) is 0 Å². The lowest BCUT2D eigenvalue weighted by molar-refractivity contribution is -0.173. The highest BCUT2D eigenvalue weighted by atomic mass is 32.2. The number of hydrogen-bond acceptors (Lipinski definition) is 11. The van der Waals surface area contributed by atoms with E-state index in [1.807, 2.05) is 0 Å². The summed E-state index contributed by atoms with van der Waals surface area (Å²) in [5.74, 6) is -6.08. The normalized spacial score (nSPS) is 11.9. The van der Waals surface area contributed by atoms with Crippen molar-refractivity contribution in [3.05, 3.63) is 119 Å². The number of ketones is 1. The monoisotopic (exact) mass is 907 g/mol. The summed E-state index contributed by atoms with van der Waals surface area (Å²) in [5, 5.41) is 7.56. The molecule has 1 aromatic heterocycles. The van der Waals surface area contributed by atoms with Crippen molar-refractivity contribution in [1.82, 2.24) is 15.5 Å². The number of alkyl halides is 6. The Hall–Kier alpha value is -6.30. The van der Waals surface area contributed by atoms with Crippen LogP contribution in [0.15, 0.2) is 89.3 Å². The van der Waals surface area contributed by atoms with Crippen molar-refractivity contribution >= 4 is 43.1 Å². The smallest absolute Gasteiger partial charge is 0.471 e. The molecule has 0 aliphatic carbocycles. The molecule has 0 atom stereocenters. The van der Waals surface area contributed by atoms with Crippen LogP contribution >= 0.6 is 0 Å². The quantitative estimate of drug-likeness (QED) is 0.0947. The molecule has 61 heavy (non-hydrogen) atoms. The van der Waals surface area contributed by atoms with Crippen LogP contribution in [0.25, 0.3) is 11.5 Å². The number of nitrogens with one attached hydrogen (secondary N) is 1. The first-order valence-electron chi connectivity index (χ1n) is 16.9. The number of anilines is 2. The third kappa shape index (κ3) is 12.8. The van der Waals surface area contributed by atoms with Gasteiger partial charge >= 0.3 is 24.2 Å². The Morgan fingerprint density at radius 3 is 1.52 bits per heavy atom. The molecular formula is C37H33F8N5O9S2. The van der Waals surface area contributed by atoms with E-state index < -0.39 is 80.6 Å². The van der Waals surface area contributed by atoms with Crippen LogP contribution in [0.5, 0.6) is 11.5 Å². The minimum atomic E-state index is -5.15. The van der Waals surface area contributed by atoms with Crippen molar-refractivity contribution < 1.29 is 75.4 Å². The van der Waals surface area contributed by atoms with Crippen LogP contribution in [0.2, 0.25) is 0 Å². The zero-order chi connectivity index (χ0) is 45.5. The van der Waals surface area contributed by atoms with Gasteiger partial charge in [-0.1, -0.05) is 18.2 Å². The molecule has 0 unspecified atom stereocenters. The maximum atomic E-state index is 14.6. The van der Waals surface area contributed by atoms with E-state index in [-0.39, 0.29) is 40.2 Å². The average Bonchev–Trinajstić information content (AvgIpc) is 3.70. The Bertz CT molecular complexity index is 2570. The van der Waals surface area contributed by atoms with Gasteiger partial charge in [-0.25, -0.2) is 25.6 Å². The van der Waals surface area contributed by atoms with Crippen molar-refractivity contribution in [2.45, 2.75) is 25.4 Å². The number of benzene rings is 4. The van der Waals surface area contributed by atoms with E-state index in [0.717, 1.165) is 45.4 Å². The first-order chi connectivity index (χ1) is 28.3. The van der Waals surface area contributed by atoms with Crippen LogP contribution in [0.4, 0.5) is 46.5 Å². The summed E-state index contributed by atoms with van der Waals surface area (Å²) in [5.41, 5.74) is 0.104. The van der Waals surface area contributed by atoms with Gasteiger partial charge in [0.05, 0.1) is 57.7 Å². The van der Waals surface area contributed by atoms with Crippen molar-refractivity contribution in [2.24, 2.45) is 0 Å². The van der Waals surface area contributed by atoms with Gasteiger partial charge in [0.2, 0.25) is 25.9 Å². The molecular weight excluding hydrogens is 875 g/mol. The number of hydrogen-bond donors (Lipinski definition) is 1. The summed E-state index contributed by atoms with van der Waals surface area (Å²) in [7, 11) is -4.67. The van der Waals surface area contributed by atoms with E-state index in [1.54, 1.807) is 12.1 Å². The molecule has 5 rings (SSSR count). The summed E-state index contributed by atoms with van der Waals surface area (Å²) < 4.78 is 169. The van der Waals surface area contributed by atoms with Crippen LogP contribution in [0.1, 0.15) is 27.4 Å². The fourth-order valence-corrected chi connectivity index (χ4v) is 6.84. The fraction of sp³-hybridized carbons (Fsp3) is 0.243. The number of ether oxygens (including phenoxy) is 2. The van der Waals surface area contributed by atoms with Crippen molar-refractivity contribution in [3.63, 3.8) is 0 Å². The zero-order valence-corrected chi connectivity index (χ0v) is 33.6. The molecule has 14 nitrogen and oxygen atoms in total. The topological polar surface area (TPSA) is 178 Å². The van der Waals surface area contributed by atoms with Crippen LogP contribution in [-0.4, -0.2) is 78.2 Å². The summed E-state index contributed by atoms with van der Waals surface area (Å²) in [4.78, 5) is 22.7. The second-order valence-corrected chi connectivity index (χ2v) is 16.4. The lowest BCUT2D eigenvalue weighted by atomic mass is 10.1. The molecule has 0 aliphatic heterocycles. The highest BCUT2D eigenvalue weighted by molar-refractivity contribution is 7.92. The minimum Gasteiger partial charge on any atom is -0.497 e. The van der Waals surface area contributed by atoms with Gasteiger partial charge in [0, 0.05) is 22.3 Å². The Labute approximate surface area is 342 Å². The van der Waals surface area contributed by atoms with E-state index >= 15 is 0 Å². The number of Topliss-reactive ketones (excluding diaryl/α,β-unsaturated/α-hetero) is 1. The van der Waals surface area contributed by atoms with Gasteiger partial charge in [-0.15, -0.1) is 10.2 Å². The minimum absolute atomic E-state index is 0.00412. The summed E-state index contributed by atoms with van der Waals surface area (Å²) >= 11 is 0. The van der Waals surface area contributed by atoms with Gasteiger partial charge in [-0.3, -0.25) is 18.2 Å². The number of rotatable bonds is 14. The molecule has 1 N–H and O–H groups in total. The van der Waals surface area contributed by atoms with Gasteiger partial charge in [0.25, 0.3) is 0 Å². The SMILES string of the molecule is COc1ccc(N(Cc2ccc(-c3nnc(C(F)(F)F)o3)cc2F)S(C)(=O)=O)cc1.COc1ccc(N(Cc2ccc(C(=O)CNC(=O)C(F)(F)F)cc2F)S(C)(=O)=O)cc1. The Morgan fingerprint density at radius 1 is 0.689 bits per heavy atom. The first-order valence-corrected chi connectivity index (χ1v) is 20.6. The number of aromatic nitrogens is 2. The summed E-state index contributed by atoms with van der Waals surface area (Å²) in [6.07, 6.45) is -8.05. The van der Waals surface area contributed by atoms with Crippen molar-refractivity contribution in [2.75, 3.05) is 41.9 Å². The lowest BCUT2D eigenvalue weighted by Gasteiger charge is -2.23. The fourth-order valence-electron chi connectivity index (χ4n) is 5.08. The van der Waals surface area contributed by atoms with Gasteiger partial charge in [0.15, 0.2) is 5.78 Å². The number of carbonyl (C=O) groups excluding carboxylic acids is 2. The average molecular weight is 908 g/mol. The van der Waals surface area contributed by atoms with E-state index in [2.05, 4.69) is 14.6 Å². The molecule has 0 spiro atoms. The van der Waals surface area contributed by atoms with Gasteiger partial charge in [-0.05, 0) is 66.7 Å². The zero-order valence-electron chi connectivity index (χ0n) is 32.0. The van der Waals surface area contributed by atoms with E-state index in [1.165, 1.54) is 68.1 Å². The molecule has 0 saturated carbocycles. The van der Waals surface area contributed by atoms with E-state index in [0.29, 0.717) is 11.5 Å². The molecule has 1 heterocycles. The van der Waals surface area contributed by atoms with Crippen LogP contribution < -0.4 is 23.4 Å². The van der Waals surface area contributed by atoms with E-state index in [9.17, 15) is 61.5 Å². The Morgan fingerprint density at radius 2 is 1.15 bits per heavy atom. The van der Waals surface area contributed by atoms with Crippen LogP contribution in [-0.2, 0) is 44.1 Å². The van der Waals surface area contributed by atoms with Crippen LogP contribution in [0, 0.1) is 11.6 Å². The first kappa shape index (κ1) is 47.4. The highest BCUT2D eigenvalue weighted by Gasteiger charge is 2.39. The largest absolute Gasteiger partial charge is 0.497 e. The second-order valence-electron chi connectivity index (χ2n) is 12.6. The predicted octanol–water partition coefficient (Wildman–Crippen LogP) is 6.53. The van der Waals surface area contributed by atoms with Crippen molar-refractivity contribution in [1.29, 1.82) is 0 Å². The molecule has 0 fully saturated rings. The summed E-state index contributed by atoms with van der Waals surface area (Å²) in [6.45, 7) is -1.70. The number of nitrogens with zero attached hydrogens (tertiary/aromatic N) is 4. The maximum absolute atomic E-state index is 14.6. The number of carbonyl (C=O) groups is 2. The van der Waals surface area contributed by atoms with Gasteiger partial charge in [0.1, 0.15) is 23.1 Å². The van der Waals surface area contributed by atoms with Gasteiger partial charge in [-0.2, -0.15) is 26.3 Å². The molecule has 1 amide bonds. The third-order valence-electron chi connectivity index (χ3n) is 8.16. The molecule has 0 saturated heterocycles. The maximum Gasteiger partial charge on any atom is 0.471 e. The molecule has 4 aromatic carbocycles. The standard InChI is InChI=1S/C19H18F4N2O5S.C18H15F4N3O4S/c1-30-15-7-5-14(6-8-15)25(31(2,28)29)11-13-4-3-12(9-16(13)20)17(26)10-24-18(27)19(21,22)23;1-28-14-7-5-13(6-8-14)25(30(2,26)27)10-12-4-3-11(9-15(12)19)16-23-24-17(29-16)18(20,21)22/h3-9H,10-11H2,1-2H3,(H,24,27);3-9H,10H2,1-2H3. The summed E-state index contributed by atoms with van der Waals surface area (Å²) in [6, 6.07) is 18.6. The molecule has 24 heteroatoms. The molecule has 0 bridgehead atoms. The predicted molar refractivity (Wildman–Crippen MR) is 203 cm³/mol. The number of halogens is 8. The Balaban J connectivity index is 0.000000269. The second kappa shape index (κ2) is 19.0. The van der Waals surface area contributed by atoms with Gasteiger partial charge < -0.3 is 19.2 Å². The van der Waals surface area contributed by atoms with Crippen molar-refractivity contribution in [3.8, 4) is 23.0 Å².